The van der Waals surface area contributed by atoms with Gasteiger partial charge in [-0.2, -0.15) is 0 Å². The molecule has 2 aliphatic heterocycles. The maximum atomic E-state index is 12.4. The summed E-state index contributed by atoms with van der Waals surface area (Å²) in [5, 5.41) is 2.97. The van der Waals surface area contributed by atoms with E-state index in [4.69, 9.17) is 4.74 Å². The molecule has 0 spiro atoms. The zero-order valence-electron chi connectivity index (χ0n) is 16.3. The lowest BCUT2D eigenvalue weighted by atomic mass is 10.1. The van der Waals surface area contributed by atoms with Crippen LogP contribution in [0.5, 0.6) is 0 Å². The van der Waals surface area contributed by atoms with Crippen molar-refractivity contribution in [1.29, 1.82) is 0 Å². The quantitative estimate of drug-likeness (QED) is 0.651. The van der Waals surface area contributed by atoms with E-state index in [-0.39, 0.29) is 42.8 Å². The number of hydrogen-bond acceptors (Lipinski definition) is 5. The number of halogens is 1. The molecule has 9 heteroatoms. The molecule has 4 amide bonds. The van der Waals surface area contributed by atoms with Crippen LogP contribution in [0, 0.1) is 0 Å². The van der Waals surface area contributed by atoms with Crippen LogP contribution in [-0.2, 0) is 9.53 Å². The van der Waals surface area contributed by atoms with Gasteiger partial charge in [0.1, 0.15) is 0 Å². The van der Waals surface area contributed by atoms with Gasteiger partial charge in [0.15, 0.2) is 0 Å². The van der Waals surface area contributed by atoms with Crippen LogP contribution >= 0.6 is 15.9 Å². The van der Waals surface area contributed by atoms with Crippen molar-refractivity contribution in [3.63, 3.8) is 0 Å². The molecule has 156 valence electrons. The Kier molecular flexibility index (Phi) is 6.89. The summed E-state index contributed by atoms with van der Waals surface area (Å²) in [7, 11) is 0. The molecule has 0 unspecified atom stereocenters. The highest BCUT2D eigenvalue weighted by molar-refractivity contribution is 9.10. The number of amides is 4. The molecule has 0 bridgehead atoms. The first-order valence-corrected chi connectivity index (χ1v) is 10.6. The molecule has 3 rings (SSSR count). The van der Waals surface area contributed by atoms with Gasteiger partial charge < -0.3 is 15.0 Å². The van der Waals surface area contributed by atoms with Gasteiger partial charge in [0.05, 0.1) is 17.7 Å². The van der Waals surface area contributed by atoms with Crippen molar-refractivity contribution in [3.8, 4) is 0 Å². The third-order valence-electron chi connectivity index (χ3n) is 5.10. The first kappa shape index (κ1) is 21.3. The molecule has 8 nitrogen and oxygen atoms in total. The first-order valence-electron chi connectivity index (χ1n) is 9.77. The third kappa shape index (κ3) is 4.95. The Bertz CT molecular complexity index is 820. The van der Waals surface area contributed by atoms with E-state index in [2.05, 4.69) is 21.2 Å². The van der Waals surface area contributed by atoms with Gasteiger partial charge in [-0.3, -0.25) is 19.3 Å². The van der Waals surface area contributed by atoms with Crippen molar-refractivity contribution in [1.82, 2.24) is 15.1 Å². The number of likely N-dealkylation sites (tertiary alicyclic amines) is 1. The van der Waals surface area contributed by atoms with Crippen LogP contribution in [0.3, 0.4) is 0 Å². The van der Waals surface area contributed by atoms with Crippen molar-refractivity contribution in [2.45, 2.75) is 38.6 Å². The molecule has 0 aliphatic carbocycles. The molecule has 0 aromatic heterocycles. The second-order valence-electron chi connectivity index (χ2n) is 7.08. The number of carbonyl (C=O) groups is 4. The van der Waals surface area contributed by atoms with Crippen LogP contribution < -0.4 is 5.32 Å². The molecule has 0 radical (unpaired) electrons. The number of fused-ring (bicyclic) bond motifs is 1. The third-order valence-corrected chi connectivity index (χ3v) is 5.60. The molecule has 1 aromatic carbocycles. The Hall–Kier alpha value is -2.42. The number of rotatable bonds is 6. The fourth-order valence-corrected chi connectivity index (χ4v) is 3.95. The van der Waals surface area contributed by atoms with Gasteiger partial charge in [-0.25, -0.2) is 4.79 Å². The minimum Gasteiger partial charge on any atom is -0.450 e. The number of nitrogens with one attached hydrogen (secondary N) is 1. The second kappa shape index (κ2) is 9.39. The van der Waals surface area contributed by atoms with Crippen LogP contribution in [0.4, 0.5) is 4.79 Å². The second-order valence-corrected chi connectivity index (χ2v) is 8.00. The molecule has 1 N–H and O–H groups in total. The highest BCUT2D eigenvalue weighted by Crippen LogP contribution is 2.26. The van der Waals surface area contributed by atoms with E-state index in [9.17, 15) is 19.2 Å². The lowest BCUT2D eigenvalue weighted by Gasteiger charge is -2.31. The van der Waals surface area contributed by atoms with Crippen molar-refractivity contribution >= 4 is 39.7 Å². The Labute approximate surface area is 177 Å². The van der Waals surface area contributed by atoms with E-state index in [1.165, 1.54) is 4.90 Å². The lowest BCUT2D eigenvalue weighted by Crippen LogP contribution is -2.46. The van der Waals surface area contributed by atoms with E-state index >= 15 is 0 Å². The Morgan fingerprint density at radius 1 is 1.17 bits per heavy atom. The zero-order chi connectivity index (χ0) is 21.0. The zero-order valence-corrected chi connectivity index (χ0v) is 17.9. The van der Waals surface area contributed by atoms with E-state index < -0.39 is 0 Å². The molecule has 1 fully saturated rings. The van der Waals surface area contributed by atoms with Gasteiger partial charge in [-0.05, 0) is 44.4 Å². The SMILES string of the molecule is CCOC(=O)N1CCC(NC(=O)CCCN2C(=O)c3ccc(Br)cc3C2=O)CC1. The van der Waals surface area contributed by atoms with Gasteiger partial charge in [0, 0.05) is 36.6 Å². The molecule has 0 saturated carbocycles. The van der Waals surface area contributed by atoms with Gasteiger partial charge in [0.25, 0.3) is 11.8 Å². The van der Waals surface area contributed by atoms with Gasteiger partial charge in [0.2, 0.25) is 5.91 Å². The lowest BCUT2D eigenvalue weighted by molar-refractivity contribution is -0.122. The van der Waals surface area contributed by atoms with Crippen LogP contribution in [-0.4, -0.2) is 65.9 Å². The summed E-state index contributed by atoms with van der Waals surface area (Å²) in [6.07, 6.45) is 1.68. The van der Waals surface area contributed by atoms with Crippen molar-refractivity contribution in [3.05, 3.63) is 33.8 Å². The predicted molar refractivity (Wildman–Crippen MR) is 109 cm³/mol. The van der Waals surface area contributed by atoms with Crippen LogP contribution in [0.15, 0.2) is 22.7 Å². The molecule has 1 saturated heterocycles. The largest absolute Gasteiger partial charge is 0.450 e. The maximum absolute atomic E-state index is 12.4. The normalized spacial score (nSPS) is 16.8. The number of benzene rings is 1. The minimum atomic E-state index is -0.321. The fourth-order valence-electron chi connectivity index (χ4n) is 3.58. The van der Waals surface area contributed by atoms with Gasteiger partial charge in [-0.15, -0.1) is 0 Å². The number of hydrogen-bond donors (Lipinski definition) is 1. The number of imide groups is 1. The maximum Gasteiger partial charge on any atom is 0.409 e. The van der Waals surface area contributed by atoms with Crippen molar-refractivity contribution in [2.24, 2.45) is 0 Å². The average molecular weight is 466 g/mol. The Balaban J connectivity index is 1.40. The molecule has 2 heterocycles. The molecular weight excluding hydrogens is 442 g/mol. The van der Waals surface area contributed by atoms with Gasteiger partial charge in [-0.1, -0.05) is 15.9 Å². The summed E-state index contributed by atoms with van der Waals surface area (Å²) in [4.78, 5) is 51.6. The van der Waals surface area contributed by atoms with Crippen LogP contribution in [0.1, 0.15) is 53.3 Å². The van der Waals surface area contributed by atoms with Gasteiger partial charge >= 0.3 is 6.09 Å². The number of carbonyl (C=O) groups excluding carboxylic acids is 4. The first-order chi connectivity index (χ1) is 13.9. The molecule has 0 atom stereocenters. The summed E-state index contributed by atoms with van der Waals surface area (Å²) >= 11 is 3.31. The fraction of sp³-hybridized carbons (Fsp3) is 0.500. The molecule has 29 heavy (non-hydrogen) atoms. The van der Waals surface area contributed by atoms with Crippen LogP contribution in [0.25, 0.3) is 0 Å². The van der Waals surface area contributed by atoms with Crippen molar-refractivity contribution < 1.29 is 23.9 Å². The summed E-state index contributed by atoms with van der Waals surface area (Å²) in [6.45, 7) is 3.42. The number of nitrogens with zero attached hydrogens (tertiary/aromatic N) is 2. The van der Waals surface area contributed by atoms with E-state index in [1.54, 1.807) is 30.0 Å². The van der Waals surface area contributed by atoms with Crippen LogP contribution in [0.2, 0.25) is 0 Å². The van der Waals surface area contributed by atoms with E-state index in [0.717, 1.165) is 4.47 Å². The number of ether oxygens (including phenoxy) is 1. The van der Waals surface area contributed by atoms with E-state index in [0.29, 0.717) is 50.1 Å². The monoisotopic (exact) mass is 465 g/mol. The minimum absolute atomic E-state index is 0.0184. The topological polar surface area (TPSA) is 96.0 Å². The summed E-state index contributed by atoms with van der Waals surface area (Å²) in [5.74, 6) is -0.749. The number of piperidine rings is 1. The molecule has 2 aliphatic rings. The van der Waals surface area contributed by atoms with Crippen molar-refractivity contribution in [2.75, 3.05) is 26.2 Å². The smallest absolute Gasteiger partial charge is 0.409 e. The summed E-state index contributed by atoms with van der Waals surface area (Å²) in [5.41, 5.74) is 0.790. The summed E-state index contributed by atoms with van der Waals surface area (Å²) in [6, 6.07) is 5.03. The Morgan fingerprint density at radius 2 is 1.86 bits per heavy atom. The summed E-state index contributed by atoms with van der Waals surface area (Å²) < 4.78 is 5.73. The average Bonchev–Trinajstić information content (AvgIpc) is 2.93. The highest BCUT2D eigenvalue weighted by atomic mass is 79.9. The molecular formula is C20H24BrN3O5. The Morgan fingerprint density at radius 3 is 2.55 bits per heavy atom. The standard InChI is InChI=1S/C20H24BrN3O5/c1-2-29-20(28)23-10-7-14(8-11-23)22-17(25)4-3-9-24-18(26)15-6-5-13(21)12-16(15)19(24)27/h5-6,12,14H,2-4,7-11H2,1H3,(H,22,25). The highest BCUT2D eigenvalue weighted by Gasteiger charge is 2.35. The van der Waals surface area contributed by atoms with E-state index in [1.807, 2.05) is 0 Å². The predicted octanol–water partition coefficient (Wildman–Crippen LogP) is 2.56. The molecule has 1 aromatic rings.